The van der Waals surface area contributed by atoms with Gasteiger partial charge in [0, 0.05) is 7.11 Å². The molecule has 0 bridgehead atoms. The van der Waals surface area contributed by atoms with E-state index in [-0.39, 0.29) is 11.6 Å². The van der Waals surface area contributed by atoms with Gasteiger partial charge in [0.25, 0.3) is 0 Å². The molecule has 3 heteroatoms. The third kappa shape index (κ3) is 3.78. The number of rotatable bonds is 6. The summed E-state index contributed by atoms with van der Waals surface area (Å²) in [5, 5.41) is 3.66. The van der Waals surface area contributed by atoms with Crippen LogP contribution in [0.1, 0.15) is 57.1 Å². The molecule has 118 valence electrons. The van der Waals surface area contributed by atoms with Crippen LogP contribution < -0.4 is 10.1 Å². The first kappa shape index (κ1) is 16.3. The first-order chi connectivity index (χ1) is 10.3. The van der Waals surface area contributed by atoms with Gasteiger partial charge in [-0.05, 0) is 37.1 Å². The van der Waals surface area contributed by atoms with Crippen molar-refractivity contribution >= 4 is 0 Å². The van der Waals surface area contributed by atoms with E-state index in [0.29, 0.717) is 0 Å². The number of likely N-dealkylation sites (N-methyl/N-ethyl adjacent to an activating group) is 1. The Morgan fingerprint density at radius 3 is 2.14 bits per heavy atom. The molecule has 21 heavy (non-hydrogen) atoms. The van der Waals surface area contributed by atoms with Crippen LogP contribution in [-0.2, 0) is 4.74 Å². The Morgan fingerprint density at radius 2 is 1.67 bits per heavy atom. The van der Waals surface area contributed by atoms with Crippen LogP contribution in [0.5, 0.6) is 5.75 Å². The molecule has 1 atom stereocenters. The number of benzene rings is 1. The van der Waals surface area contributed by atoms with E-state index in [1.165, 1.54) is 31.2 Å². The molecule has 0 heterocycles. The van der Waals surface area contributed by atoms with Gasteiger partial charge in [0.1, 0.15) is 5.75 Å². The standard InChI is InChI=1S/C18H29NO2/c1-4-19-17(15-9-11-16(20-2)12-10-15)18(21-3)13-7-5-6-8-14-18/h9-12,17,19H,4-8,13-14H2,1-3H3. The maximum atomic E-state index is 6.09. The molecule has 1 aromatic carbocycles. The maximum absolute atomic E-state index is 6.09. The predicted molar refractivity (Wildman–Crippen MR) is 86.9 cm³/mol. The van der Waals surface area contributed by atoms with Crippen molar-refractivity contribution in [3.8, 4) is 5.75 Å². The summed E-state index contributed by atoms with van der Waals surface area (Å²) in [6.45, 7) is 3.11. The Labute approximate surface area is 129 Å². The Kier molecular flexibility index (Phi) is 6.07. The van der Waals surface area contributed by atoms with E-state index in [1.807, 2.05) is 19.2 Å². The minimum Gasteiger partial charge on any atom is -0.497 e. The van der Waals surface area contributed by atoms with Gasteiger partial charge in [0.2, 0.25) is 0 Å². The van der Waals surface area contributed by atoms with E-state index >= 15 is 0 Å². The van der Waals surface area contributed by atoms with Gasteiger partial charge < -0.3 is 14.8 Å². The molecule has 0 aliphatic heterocycles. The Hall–Kier alpha value is -1.06. The molecule has 2 rings (SSSR count). The zero-order valence-corrected chi connectivity index (χ0v) is 13.7. The molecule has 1 aliphatic carbocycles. The molecule has 1 fully saturated rings. The van der Waals surface area contributed by atoms with Gasteiger partial charge in [-0.3, -0.25) is 0 Å². The van der Waals surface area contributed by atoms with E-state index in [9.17, 15) is 0 Å². The van der Waals surface area contributed by atoms with Gasteiger partial charge in [-0.1, -0.05) is 44.7 Å². The van der Waals surface area contributed by atoms with Crippen molar-refractivity contribution in [1.82, 2.24) is 5.32 Å². The van der Waals surface area contributed by atoms with Crippen molar-refractivity contribution in [2.75, 3.05) is 20.8 Å². The molecule has 1 aliphatic rings. The van der Waals surface area contributed by atoms with E-state index in [1.54, 1.807) is 7.11 Å². The second-order valence-corrected chi connectivity index (χ2v) is 5.95. The van der Waals surface area contributed by atoms with Gasteiger partial charge in [-0.2, -0.15) is 0 Å². The van der Waals surface area contributed by atoms with Gasteiger partial charge in [-0.25, -0.2) is 0 Å². The third-order valence-corrected chi connectivity index (χ3v) is 4.74. The van der Waals surface area contributed by atoms with Crippen molar-refractivity contribution < 1.29 is 9.47 Å². The van der Waals surface area contributed by atoms with Crippen LogP contribution in [0, 0.1) is 0 Å². The highest BCUT2D eigenvalue weighted by molar-refractivity contribution is 5.31. The van der Waals surface area contributed by atoms with Crippen LogP contribution >= 0.6 is 0 Å². The van der Waals surface area contributed by atoms with Crippen LogP contribution in [-0.4, -0.2) is 26.4 Å². The van der Waals surface area contributed by atoms with Gasteiger partial charge in [0.05, 0.1) is 18.8 Å². The first-order valence-electron chi connectivity index (χ1n) is 8.18. The Bertz CT molecular complexity index is 408. The number of methoxy groups -OCH3 is 2. The molecule has 0 aromatic heterocycles. The normalized spacial score (nSPS) is 19.8. The lowest BCUT2D eigenvalue weighted by atomic mass is 9.82. The Morgan fingerprint density at radius 1 is 1.05 bits per heavy atom. The lowest BCUT2D eigenvalue weighted by Gasteiger charge is -2.40. The largest absolute Gasteiger partial charge is 0.497 e. The monoisotopic (exact) mass is 291 g/mol. The second kappa shape index (κ2) is 7.81. The van der Waals surface area contributed by atoms with E-state index < -0.39 is 0 Å². The Balaban J connectivity index is 2.29. The van der Waals surface area contributed by atoms with Crippen molar-refractivity contribution in [3.05, 3.63) is 29.8 Å². The third-order valence-electron chi connectivity index (χ3n) is 4.74. The van der Waals surface area contributed by atoms with Crippen molar-refractivity contribution in [1.29, 1.82) is 0 Å². The summed E-state index contributed by atoms with van der Waals surface area (Å²) < 4.78 is 11.4. The summed E-state index contributed by atoms with van der Waals surface area (Å²) in [5.41, 5.74) is 1.21. The van der Waals surface area contributed by atoms with Crippen LogP contribution in [0.15, 0.2) is 24.3 Å². The molecule has 1 saturated carbocycles. The van der Waals surface area contributed by atoms with E-state index in [4.69, 9.17) is 9.47 Å². The molecule has 1 aromatic rings. The summed E-state index contributed by atoms with van der Waals surface area (Å²) in [7, 11) is 3.58. The fraction of sp³-hybridized carbons (Fsp3) is 0.667. The highest BCUT2D eigenvalue weighted by Crippen LogP contribution is 2.40. The van der Waals surface area contributed by atoms with Crippen LogP contribution in [0.25, 0.3) is 0 Å². The molecular formula is C18H29NO2. The van der Waals surface area contributed by atoms with Crippen LogP contribution in [0.4, 0.5) is 0 Å². The van der Waals surface area contributed by atoms with Gasteiger partial charge >= 0.3 is 0 Å². The lowest BCUT2D eigenvalue weighted by Crippen LogP contribution is -2.45. The average Bonchev–Trinajstić information content (AvgIpc) is 2.79. The fourth-order valence-electron chi connectivity index (χ4n) is 3.55. The SMILES string of the molecule is CCNC(c1ccc(OC)cc1)C1(OC)CCCCCC1. The summed E-state index contributed by atoms with van der Waals surface area (Å²) >= 11 is 0. The molecule has 1 N–H and O–H groups in total. The smallest absolute Gasteiger partial charge is 0.118 e. The zero-order chi connectivity index (χ0) is 15.1. The summed E-state index contributed by atoms with van der Waals surface area (Å²) in [6, 6.07) is 8.66. The van der Waals surface area contributed by atoms with Gasteiger partial charge in [0.15, 0.2) is 0 Å². The number of hydrogen-bond acceptors (Lipinski definition) is 3. The average molecular weight is 291 g/mol. The topological polar surface area (TPSA) is 30.5 Å². The van der Waals surface area contributed by atoms with Crippen LogP contribution in [0.3, 0.4) is 0 Å². The molecule has 3 nitrogen and oxygen atoms in total. The van der Waals surface area contributed by atoms with Crippen molar-refractivity contribution in [2.24, 2.45) is 0 Å². The fourth-order valence-corrected chi connectivity index (χ4v) is 3.55. The van der Waals surface area contributed by atoms with E-state index in [0.717, 1.165) is 25.1 Å². The van der Waals surface area contributed by atoms with Crippen LogP contribution in [0.2, 0.25) is 0 Å². The molecule has 0 spiro atoms. The van der Waals surface area contributed by atoms with E-state index in [2.05, 4.69) is 24.4 Å². The highest BCUT2D eigenvalue weighted by Gasteiger charge is 2.39. The lowest BCUT2D eigenvalue weighted by molar-refractivity contribution is -0.0537. The van der Waals surface area contributed by atoms with Gasteiger partial charge in [-0.15, -0.1) is 0 Å². The first-order valence-corrected chi connectivity index (χ1v) is 8.18. The molecule has 1 unspecified atom stereocenters. The molecule has 0 radical (unpaired) electrons. The zero-order valence-electron chi connectivity index (χ0n) is 13.7. The number of hydrogen-bond donors (Lipinski definition) is 1. The second-order valence-electron chi connectivity index (χ2n) is 5.95. The summed E-state index contributed by atoms with van der Waals surface area (Å²) in [4.78, 5) is 0. The minimum absolute atomic E-state index is 0.0822. The highest BCUT2D eigenvalue weighted by atomic mass is 16.5. The number of nitrogens with one attached hydrogen (secondary N) is 1. The molecular weight excluding hydrogens is 262 g/mol. The number of ether oxygens (including phenoxy) is 2. The maximum Gasteiger partial charge on any atom is 0.118 e. The molecule has 0 amide bonds. The summed E-state index contributed by atoms with van der Waals surface area (Å²) in [6.07, 6.45) is 7.43. The molecule has 0 saturated heterocycles. The van der Waals surface area contributed by atoms with Crippen molar-refractivity contribution in [2.45, 2.75) is 57.1 Å². The summed E-state index contributed by atoms with van der Waals surface area (Å²) in [5.74, 6) is 0.904. The van der Waals surface area contributed by atoms with Crippen molar-refractivity contribution in [3.63, 3.8) is 0 Å². The quantitative estimate of drug-likeness (QED) is 0.801. The minimum atomic E-state index is -0.0822. The predicted octanol–water partition coefficient (Wildman–Crippen LogP) is 4.09.